The lowest BCUT2D eigenvalue weighted by atomic mass is 10.0. The molecule has 1 amide bonds. The van der Waals surface area contributed by atoms with Gasteiger partial charge in [0.25, 0.3) is 0 Å². The van der Waals surface area contributed by atoms with Crippen molar-refractivity contribution in [3.05, 3.63) is 45.6 Å². The van der Waals surface area contributed by atoms with Crippen molar-refractivity contribution in [3.63, 3.8) is 0 Å². The van der Waals surface area contributed by atoms with Gasteiger partial charge in [0.1, 0.15) is 16.7 Å². The summed E-state index contributed by atoms with van der Waals surface area (Å²) < 4.78 is 16.2. The molecular weight excluding hydrogens is 412 g/mol. The van der Waals surface area contributed by atoms with Crippen molar-refractivity contribution in [3.8, 4) is 0 Å². The fourth-order valence-electron chi connectivity index (χ4n) is 3.29. The molecule has 0 aliphatic rings. The van der Waals surface area contributed by atoms with Gasteiger partial charge in [-0.1, -0.05) is 19.9 Å². The first-order chi connectivity index (χ1) is 15.0. The molecule has 1 aromatic carbocycles. The van der Waals surface area contributed by atoms with Crippen molar-refractivity contribution in [2.24, 2.45) is 5.92 Å². The highest BCUT2D eigenvalue weighted by Crippen LogP contribution is 2.25. The van der Waals surface area contributed by atoms with Gasteiger partial charge in [-0.05, 0) is 63.8 Å². The summed E-state index contributed by atoms with van der Waals surface area (Å²) in [6.45, 7) is 11.1. The van der Waals surface area contributed by atoms with Gasteiger partial charge in [-0.25, -0.2) is 9.59 Å². The second-order valence-corrected chi connectivity index (χ2v) is 8.94. The van der Waals surface area contributed by atoms with Gasteiger partial charge >= 0.3 is 12.1 Å². The van der Waals surface area contributed by atoms with Crippen LogP contribution < -0.4 is 10.7 Å². The number of pyridine rings is 1. The lowest BCUT2D eigenvalue weighted by Crippen LogP contribution is -2.28. The Morgan fingerprint density at radius 3 is 2.50 bits per heavy atom. The smallest absolute Gasteiger partial charge is 0.413 e. The van der Waals surface area contributed by atoms with Crippen LogP contribution in [0.4, 0.5) is 10.6 Å². The minimum Gasteiger partial charge on any atom is -0.462 e. The van der Waals surface area contributed by atoms with Crippen LogP contribution in [0.25, 0.3) is 22.1 Å². The van der Waals surface area contributed by atoms with E-state index in [4.69, 9.17) is 13.9 Å². The highest BCUT2D eigenvalue weighted by molar-refractivity contribution is 6.02. The number of fused-ring (bicyclic) bond motifs is 2. The van der Waals surface area contributed by atoms with Crippen LogP contribution in [0.2, 0.25) is 0 Å². The second kappa shape index (κ2) is 8.98. The molecule has 0 saturated carbocycles. The van der Waals surface area contributed by atoms with E-state index in [1.54, 1.807) is 39.8 Å². The van der Waals surface area contributed by atoms with E-state index < -0.39 is 17.7 Å². The third kappa shape index (κ3) is 5.25. The number of carbonyl (C=O) groups excluding carboxylic acids is 2. The highest BCUT2D eigenvalue weighted by atomic mass is 16.6. The second-order valence-electron chi connectivity index (χ2n) is 8.94. The molecule has 32 heavy (non-hydrogen) atoms. The number of esters is 1. The molecule has 0 atom stereocenters. The fourth-order valence-corrected chi connectivity index (χ4v) is 3.29. The van der Waals surface area contributed by atoms with Crippen LogP contribution in [0.1, 0.15) is 57.5 Å². The summed E-state index contributed by atoms with van der Waals surface area (Å²) in [5.41, 5.74) is 0.263. The van der Waals surface area contributed by atoms with Gasteiger partial charge in [-0.3, -0.25) is 10.1 Å². The summed E-state index contributed by atoms with van der Waals surface area (Å²) in [5, 5.41) is 2.99. The SMILES string of the molecule is CCOC(=O)c1cc2c(=O)c3cc(CC(C)C)ccc3oc2nc1NC(=O)OC(C)(C)C. The zero-order valence-corrected chi connectivity index (χ0v) is 19.2. The number of carbonyl (C=O) groups is 2. The largest absolute Gasteiger partial charge is 0.462 e. The van der Waals surface area contributed by atoms with Crippen LogP contribution in [-0.2, 0) is 15.9 Å². The first-order valence-electron chi connectivity index (χ1n) is 10.6. The zero-order valence-electron chi connectivity index (χ0n) is 19.2. The van der Waals surface area contributed by atoms with Crippen molar-refractivity contribution in [2.75, 3.05) is 11.9 Å². The summed E-state index contributed by atoms with van der Waals surface area (Å²) in [4.78, 5) is 42.3. The molecule has 2 heterocycles. The van der Waals surface area contributed by atoms with E-state index in [-0.39, 0.29) is 34.5 Å². The zero-order chi connectivity index (χ0) is 23.6. The lowest BCUT2D eigenvalue weighted by molar-refractivity contribution is 0.0527. The van der Waals surface area contributed by atoms with Gasteiger partial charge in [0.15, 0.2) is 5.82 Å². The number of hydrogen-bond acceptors (Lipinski definition) is 7. The number of rotatable bonds is 5. The molecule has 8 heteroatoms. The van der Waals surface area contributed by atoms with Crippen LogP contribution >= 0.6 is 0 Å². The molecule has 3 rings (SSSR count). The van der Waals surface area contributed by atoms with Gasteiger partial charge in [0.2, 0.25) is 11.1 Å². The van der Waals surface area contributed by atoms with Gasteiger partial charge in [-0.2, -0.15) is 4.98 Å². The van der Waals surface area contributed by atoms with Gasteiger partial charge in [-0.15, -0.1) is 0 Å². The Morgan fingerprint density at radius 1 is 1.16 bits per heavy atom. The van der Waals surface area contributed by atoms with E-state index in [0.717, 1.165) is 12.0 Å². The summed E-state index contributed by atoms with van der Waals surface area (Å²) in [7, 11) is 0. The van der Waals surface area contributed by atoms with Crippen LogP contribution in [0, 0.1) is 5.92 Å². The van der Waals surface area contributed by atoms with Crippen LogP contribution in [-0.4, -0.2) is 29.3 Å². The monoisotopic (exact) mass is 440 g/mol. The molecule has 2 aromatic heterocycles. The summed E-state index contributed by atoms with van der Waals surface area (Å²) in [5.74, 6) is -0.399. The van der Waals surface area contributed by atoms with E-state index in [1.807, 2.05) is 6.07 Å². The van der Waals surface area contributed by atoms with E-state index >= 15 is 0 Å². The quantitative estimate of drug-likeness (QED) is 0.436. The molecule has 0 spiro atoms. The molecule has 0 radical (unpaired) electrons. The average Bonchev–Trinajstić information content (AvgIpc) is 2.66. The normalized spacial score (nSPS) is 11.7. The van der Waals surface area contributed by atoms with Crippen molar-refractivity contribution < 1.29 is 23.5 Å². The van der Waals surface area contributed by atoms with Crippen molar-refractivity contribution in [1.82, 2.24) is 4.98 Å². The number of aromatic nitrogens is 1. The molecular formula is C24H28N2O6. The van der Waals surface area contributed by atoms with Crippen molar-refractivity contribution in [2.45, 2.75) is 53.6 Å². The fraction of sp³-hybridized carbons (Fsp3) is 0.417. The predicted molar refractivity (Wildman–Crippen MR) is 122 cm³/mol. The summed E-state index contributed by atoms with van der Waals surface area (Å²) in [6.07, 6.45) is 0.0229. The summed E-state index contributed by atoms with van der Waals surface area (Å²) >= 11 is 0. The Balaban J connectivity index is 2.17. The molecule has 0 saturated heterocycles. The highest BCUT2D eigenvalue weighted by Gasteiger charge is 2.23. The first-order valence-corrected chi connectivity index (χ1v) is 10.6. The first kappa shape index (κ1) is 23.2. The number of hydrogen-bond donors (Lipinski definition) is 1. The van der Waals surface area contributed by atoms with E-state index in [1.165, 1.54) is 6.07 Å². The maximum atomic E-state index is 13.2. The molecule has 0 fully saturated rings. The summed E-state index contributed by atoms with van der Waals surface area (Å²) in [6, 6.07) is 6.78. The number of benzene rings is 1. The van der Waals surface area contributed by atoms with Crippen LogP contribution in [0.15, 0.2) is 33.5 Å². The molecule has 0 aliphatic carbocycles. The molecule has 0 unspecified atom stereocenters. The van der Waals surface area contributed by atoms with Crippen molar-refractivity contribution in [1.29, 1.82) is 0 Å². The molecule has 0 bridgehead atoms. The Kier molecular flexibility index (Phi) is 6.52. The number of ether oxygens (including phenoxy) is 2. The third-order valence-electron chi connectivity index (χ3n) is 4.49. The number of amides is 1. The molecule has 1 N–H and O–H groups in total. The lowest BCUT2D eigenvalue weighted by Gasteiger charge is -2.20. The number of nitrogens with zero attached hydrogens (tertiary/aromatic N) is 1. The van der Waals surface area contributed by atoms with E-state index in [2.05, 4.69) is 24.1 Å². The number of anilines is 1. The maximum absolute atomic E-state index is 13.2. The van der Waals surface area contributed by atoms with E-state index in [0.29, 0.717) is 16.9 Å². The Hall–Kier alpha value is -3.42. The molecule has 8 nitrogen and oxygen atoms in total. The molecule has 3 aromatic rings. The minimum atomic E-state index is -0.795. The van der Waals surface area contributed by atoms with Gasteiger partial charge in [0.05, 0.1) is 17.4 Å². The molecule has 0 aliphatic heterocycles. The predicted octanol–water partition coefficient (Wildman–Crippen LogP) is 5.06. The van der Waals surface area contributed by atoms with Crippen molar-refractivity contribution >= 4 is 39.9 Å². The number of nitrogens with one attached hydrogen (secondary N) is 1. The Morgan fingerprint density at radius 2 is 1.88 bits per heavy atom. The third-order valence-corrected chi connectivity index (χ3v) is 4.49. The Labute approximate surface area is 185 Å². The van der Waals surface area contributed by atoms with Crippen LogP contribution in [0.3, 0.4) is 0 Å². The topological polar surface area (TPSA) is 108 Å². The standard InChI is InChI=1S/C24H28N2O6/c1-7-30-22(28)17-12-16-19(27)15-11-14(10-13(2)3)8-9-18(15)31-21(16)25-20(17)26-23(29)32-24(4,5)6/h8-9,11-13H,7,10H2,1-6H3,(H,25,26,29). The maximum Gasteiger partial charge on any atom is 0.413 e. The minimum absolute atomic E-state index is 0.00165. The van der Waals surface area contributed by atoms with Gasteiger partial charge < -0.3 is 13.9 Å². The molecule has 170 valence electrons. The van der Waals surface area contributed by atoms with E-state index in [9.17, 15) is 14.4 Å². The Bertz CT molecular complexity index is 1240. The van der Waals surface area contributed by atoms with Crippen LogP contribution in [0.5, 0.6) is 0 Å². The van der Waals surface area contributed by atoms with Gasteiger partial charge in [0, 0.05) is 0 Å². The average molecular weight is 440 g/mol.